The molecular weight excluding hydrogens is 286 g/mol. The number of benzene rings is 2. The van der Waals surface area contributed by atoms with Gasteiger partial charge in [-0.25, -0.2) is 4.79 Å². The number of para-hydroxylation sites is 1. The highest BCUT2D eigenvalue weighted by atomic mass is 35.5. The molecule has 21 heavy (non-hydrogen) atoms. The van der Waals surface area contributed by atoms with E-state index in [1.165, 1.54) is 17.2 Å². The molecule has 0 aromatic heterocycles. The summed E-state index contributed by atoms with van der Waals surface area (Å²) < 4.78 is 0. The van der Waals surface area contributed by atoms with Crippen molar-refractivity contribution in [2.24, 2.45) is 0 Å². The first-order chi connectivity index (χ1) is 10.1. The van der Waals surface area contributed by atoms with Gasteiger partial charge in [-0.1, -0.05) is 43.6 Å². The van der Waals surface area contributed by atoms with E-state index in [1.807, 2.05) is 6.07 Å². The van der Waals surface area contributed by atoms with Crippen LogP contribution in [0, 0.1) is 0 Å². The van der Waals surface area contributed by atoms with Crippen molar-refractivity contribution in [3.63, 3.8) is 0 Å². The standard InChI is InChI=1S/C17H18ClNO2/c1-3-11-6-5-7-12(4-2)16(11)19-15-9-8-13(18)10-14(15)17(20)21/h5-10,19H,3-4H2,1-2H3,(H,20,21). The van der Waals surface area contributed by atoms with Crippen molar-refractivity contribution >= 4 is 28.9 Å². The molecule has 2 rings (SSSR count). The van der Waals surface area contributed by atoms with Gasteiger partial charge >= 0.3 is 5.97 Å². The van der Waals surface area contributed by atoms with Crippen LogP contribution >= 0.6 is 11.6 Å². The molecule has 0 unspecified atom stereocenters. The van der Waals surface area contributed by atoms with Crippen LogP contribution < -0.4 is 5.32 Å². The van der Waals surface area contributed by atoms with Crippen molar-refractivity contribution in [1.82, 2.24) is 0 Å². The van der Waals surface area contributed by atoms with Crippen molar-refractivity contribution in [2.75, 3.05) is 5.32 Å². The van der Waals surface area contributed by atoms with Gasteiger partial charge in [-0.3, -0.25) is 0 Å². The monoisotopic (exact) mass is 303 g/mol. The van der Waals surface area contributed by atoms with Crippen molar-refractivity contribution < 1.29 is 9.90 Å². The van der Waals surface area contributed by atoms with E-state index in [9.17, 15) is 9.90 Å². The minimum absolute atomic E-state index is 0.176. The van der Waals surface area contributed by atoms with Gasteiger partial charge in [-0.2, -0.15) is 0 Å². The number of aromatic carboxylic acids is 1. The largest absolute Gasteiger partial charge is 0.478 e. The molecule has 0 bridgehead atoms. The zero-order valence-electron chi connectivity index (χ0n) is 12.1. The Kier molecular flexibility index (Phi) is 4.86. The van der Waals surface area contributed by atoms with Gasteiger partial charge in [0.2, 0.25) is 0 Å². The lowest BCUT2D eigenvalue weighted by atomic mass is 10.0. The molecule has 0 saturated carbocycles. The predicted molar refractivity (Wildman–Crippen MR) is 86.9 cm³/mol. The average molecular weight is 304 g/mol. The van der Waals surface area contributed by atoms with Gasteiger partial charge in [0.15, 0.2) is 0 Å². The van der Waals surface area contributed by atoms with E-state index in [1.54, 1.807) is 12.1 Å². The third-order valence-corrected chi connectivity index (χ3v) is 3.71. The van der Waals surface area contributed by atoms with E-state index in [2.05, 4.69) is 31.3 Å². The molecule has 0 spiro atoms. The van der Waals surface area contributed by atoms with Gasteiger partial charge in [0, 0.05) is 10.7 Å². The van der Waals surface area contributed by atoms with E-state index in [4.69, 9.17) is 11.6 Å². The number of hydrogen-bond donors (Lipinski definition) is 2. The summed E-state index contributed by atoms with van der Waals surface area (Å²) in [6.07, 6.45) is 1.76. The van der Waals surface area contributed by atoms with E-state index in [0.717, 1.165) is 18.5 Å². The maximum atomic E-state index is 11.4. The van der Waals surface area contributed by atoms with Gasteiger partial charge in [0.25, 0.3) is 0 Å². The Balaban J connectivity index is 2.50. The fourth-order valence-corrected chi connectivity index (χ4v) is 2.51. The Morgan fingerprint density at radius 1 is 1.14 bits per heavy atom. The second-order valence-corrected chi connectivity index (χ2v) is 5.21. The molecule has 110 valence electrons. The Bertz CT molecular complexity index is 646. The van der Waals surface area contributed by atoms with E-state index in [0.29, 0.717) is 10.7 Å². The first kappa shape index (κ1) is 15.4. The minimum Gasteiger partial charge on any atom is -0.478 e. The summed E-state index contributed by atoms with van der Waals surface area (Å²) in [6, 6.07) is 11.0. The molecule has 2 aromatic carbocycles. The smallest absolute Gasteiger partial charge is 0.337 e. The zero-order valence-corrected chi connectivity index (χ0v) is 12.9. The number of halogens is 1. The molecule has 0 radical (unpaired) electrons. The summed E-state index contributed by atoms with van der Waals surface area (Å²) in [5.41, 5.74) is 4.06. The van der Waals surface area contributed by atoms with Gasteiger partial charge in [-0.15, -0.1) is 0 Å². The Morgan fingerprint density at radius 2 is 1.76 bits per heavy atom. The summed E-state index contributed by atoms with van der Waals surface area (Å²) in [5, 5.41) is 13.0. The van der Waals surface area contributed by atoms with Gasteiger partial charge in [0.1, 0.15) is 0 Å². The maximum Gasteiger partial charge on any atom is 0.337 e. The highest BCUT2D eigenvalue weighted by molar-refractivity contribution is 6.31. The SMILES string of the molecule is CCc1cccc(CC)c1Nc1ccc(Cl)cc1C(=O)O. The minimum atomic E-state index is -0.993. The molecule has 0 aliphatic heterocycles. The van der Waals surface area contributed by atoms with E-state index >= 15 is 0 Å². The summed E-state index contributed by atoms with van der Waals surface area (Å²) in [4.78, 5) is 11.4. The zero-order chi connectivity index (χ0) is 15.4. The van der Waals surface area contributed by atoms with Crippen LogP contribution in [-0.4, -0.2) is 11.1 Å². The number of hydrogen-bond acceptors (Lipinski definition) is 2. The number of anilines is 2. The topological polar surface area (TPSA) is 49.3 Å². The fraction of sp³-hybridized carbons (Fsp3) is 0.235. The number of rotatable bonds is 5. The molecule has 0 atom stereocenters. The van der Waals surface area contributed by atoms with Crippen LogP contribution in [0.5, 0.6) is 0 Å². The molecule has 0 aliphatic rings. The van der Waals surface area contributed by atoms with Crippen LogP contribution in [0.1, 0.15) is 35.3 Å². The number of carboxylic acid groups (broad SMARTS) is 1. The first-order valence-corrected chi connectivity index (χ1v) is 7.35. The maximum absolute atomic E-state index is 11.4. The molecule has 0 fully saturated rings. The molecule has 3 nitrogen and oxygen atoms in total. The van der Waals surface area contributed by atoms with Gasteiger partial charge < -0.3 is 10.4 Å². The van der Waals surface area contributed by atoms with E-state index < -0.39 is 5.97 Å². The van der Waals surface area contributed by atoms with Crippen molar-refractivity contribution in [3.05, 3.63) is 58.1 Å². The average Bonchev–Trinajstić information content (AvgIpc) is 2.48. The van der Waals surface area contributed by atoms with Crippen LogP contribution in [0.3, 0.4) is 0 Å². The molecule has 0 aliphatic carbocycles. The van der Waals surface area contributed by atoms with Crippen LogP contribution in [0.25, 0.3) is 0 Å². The Hall–Kier alpha value is -2.00. The third-order valence-electron chi connectivity index (χ3n) is 3.47. The second kappa shape index (κ2) is 6.64. The van der Waals surface area contributed by atoms with Gasteiger partial charge in [0.05, 0.1) is 11.3 Å². The fourth-order valence-electron chi connectivity index (χ4n) is 2.34. The highest BCUT2D eigenvalue weighted by Crippen LogP contribution is 2.29. The molecule has 2 aromatic rings. The van der Waals surface area contributed by atoms with Crippen LogP contribution in [0.2, 0.25) is 5.02 Å². The van der Waals surface area contributed by atoms with Crippen molar-refractivity contribution in [3.8, 4) is 0 Å². The van der Waals surface area contributed by atoms with E-state index in [-0.39, 0.29) is 5.56 Å². The summed E-state index contributed by atoms with van der Waals surface area (Å²) >= 11 is 5.89. The Morgan fingerprint density at radius 3 is 2.29 bits per heavy atom. The lowest BCUT2D eigenvalue weighted by Gasteiger charge is -2.17. The Labute approximate surface area is 129 Å². The molecular formula is C17H18ClNO2. The van der Waals surface area contributed by atoms with Crippen LogP contribution in [0.15, 0.2) is 36.4 Å². The molecule has 4 heteroatoms. The molecule has 2 N–H and O–H groups in total. The second-order valence-electron chi connectivity index (χ2n) is 4.78. The highest BCUT2D eigenvalue weighted by Gasteiger charge is 2.13. The van der Waals surface area contributed by atoms with Crippen molar-refractivity contribution in [1.29, 1.82) is 0 Å². The number of carbonyl (C=O) groups is 1. The number of aryl methyl sites for hydroxylation is 2. The number of carboxylic acids is 1. The quantitative estimate of drug-likeness (QED) is 0.825. The lowest BCUT2D eigenvalue weighted by Crippen LogP contribution is -2.05. The number of nitrogens with one attached hydrogen (secondary N) is 1. The molecule has 0 saturated heterocycles. The molecule has 0 heterocycles. The summed E-state index contributed by atoms with van der Waals surface area (Å²) in [5.74, 6) is -0.993. The van der Waals surface area contributed by atoms with Gasteiger partial charge in [-0.05, 0) is 42.2 Å². The van der Waals surface area contributed by atoms with Crippen LogP contribution in [0.4, 0.5) is 11.4 Å². The lowest BCUT2D eigenvalue weighted by molar-refractivity contribution is 0.0698. The first-order valence-electron chi connectivity index (χ1n) is 6.97. The van der Waals surface area contributed by atoms with Crippen molar-refractivity contribution in [2.45, 2.75) is 26.7 Å². The predicted octanol–water partition coefficient (Wildman–Crippen LogP) is 4.91. The summed E-state index contributed by atoms with van der Waals surface area (Å²) in [7, 11) is 0. The summed E-state index contributed by atoms with van der Waals surface area (Å²) in [6.45, 7) is 4.17. The van der Waals surface area contributed by atoms with Crippen LogP contribution in [-0.2, 0) is 12.8 Å². The normalized spacial score (nSPS) is 10.4. The molecule has 0 amide bonds. The third kappa shape index (κ3) is 3.37.